The van der Waals surface area contributed by atoms with Gasteiger partial charge in [-0.2, -0.15) is 0 Å². The van der Waals surface area contributed by atoms with Crippen LogP contribution in [0.25, 0.3) is 78.1 Å². The Morgan fingerprint density at radius 3 is 1.63 bits per heavy atom. The average Bonchev–Trinajstić information content (AvgIpc) is 3.12. The molecule has 0 aliphatic heterocycles. The molecule has 5 aromatic carbocycles. The molecule has 46 heavy (non-hydrogen) atoms. The molecule has 8 aromatic rings. The maximum absolute atomic E-state index is 5.15. The summed E-state index contributed by atoms with van der Waals surface area (Å²) in [7, 11) is 0. The second-order valence-electron chi connectivity index (χ2n) is 11.7. The first-order chi connectivity index (χ1) is 22.6. The number of rotatable bonds is 5. The van der Waals surface area contributed by atoms with Crippen molar-refractivity contribution in [1.82, 2.24) is 19.9 Å². The molecule has 0 N–H and O–H groups in total. The van der Waals surface area contributed by atoms with Crippen LogP contribution in [0.3, 0.4) is 0 Å². The molecule has 0 aliphatic carbocycles. The Morgan fingerprint density at radius 2 is 0.935 bits per heavy atom. The van der Waals surface area contributed by atoms with Crippen molar-refractivity contribution >= 4 is 21.8 Å². The molecule has 0 bridgehead atoms. The number of nitrogens with zero attached hydrogens (tertiary/aromatic N) is 4. The van der Waals surface area contributed by atoms with E-state index in [2.05, 4.69) is 116 Å². The summed E-state index contributed by atoms with van der Waals surface area (Å²) in [6.45, 7) is 4.18. The van der Waals surface area contributed by atoms with E-state index in [0.717, 1.165) is 78.0 Å². The number of aromatic nitrogens is 4. The molecule has 0 saturated carbocycles. The minimum Gasteiger partial charge on any atom is -0.251 e. The second kappa shape index (κ2) is 11.5. The van der Waals surface area contributed by atoms with Crippen LogP contribution in [0.15, 0.2) is 146 Å². The quantitative estimate of drug-likeness (QED) is 0.187. The fourth-order valence-corrected chi connectivity index (χ4v) is 6.15. The van der Waals surface area contributed by atoms with Crippen molar-refractivity contribution in [3.8, 4) is 56.3 Å². The van der Waals surface area contributed by atoms with Gasteiger partial charge in [-0.3, -0.25) is 4.98 Å². The predicted octanol–water partition coefficient (Wildman–Crippen LogP) is 10.5. The fourth-order valence-electron chi connectivity index (χ4n) is 6.15. The third-order valence-corrected chi connectivity index (χ3v) is 8.45. The summed E-state index contributed by atoms with van der Waals surface area (Å²) in [6.07, 6.45) is 0. The SMILES string of the molecule is Cc1cc(C)c2ccc3ccc(-c4cccc(-c5cccc(-c6cc(-c7ccccc7)nc(-c7ccccc7)n6)c5)c4)nc3c2n1. The van der Waals surface area contributed by atoms with E-state index in [0.29, 0.717) is 5.82 Å². The molecule has 3 heterocycles. The lowest BCUT2D eigenvalue weighted by molar-refractivity contribution is 1.18. The summed E-state index contributed by atoms with van der Waals surface area (Å²) in [6, 6.07) is 50.4. The average molecular weight is 591 g/mol. The van der Waals surface area contributed by atoms with Gasteiger partial charge in [0.25, 0.3) is 0 Å². The highest BCUT2D eigenvalue weighted by atomic mass is 14.9. The van der Waals surface area contributed by atoms with E-state index in [1.807, 2.05) is 43.3 Å². The van der Waals surface area contributed by atoms with Gasteiger partial charge < -0.3 is 0 Å². The number of aryl methyl sites for hydroxylation is 2. The van der Waals surface area contributed by atoms with Gasteiger partial charge in [-0.25, -0.2) is 15.0 Å². The molecular weight excluding hydrogens is 560 g/mol. The normalized spacial score (nSPS) is 11.3. The van der Waals surface area contributed by atoms with E-state index in [1.165, 1.54) is 5.56 Å². The van der Waals surface area contributed by atoms with E-state index in [9.17, 15) is 0 Å². The summed E-state index contributed by atoms with van der Waals surface area (Å²) in [5, 5.41) is 2.23. The van der Waals surface area contributed by atoms with E-state index in [4.69, 9.17) is 19.9 Å². The Kier molecular flexibility index (Phi) is 6.88. The summed E-state index contributed by atoms with van der Waals surface area (Å²) in [4.78, 5) is 20.0. The monoisotopic (exact) mass is 590 g/mol. The van der Waals surface area contributed by atoms with Crippen molar-refractivity contribution in [2.24, 2.45) is 0 Å². The molecule has 218 valence electrons. The van der Waals surface area contributed by atoms with Crippen molar-refractivity contribution in [1.29, 1.82) is 0 Å². The topological polar surface area (TPSA) is 51.6 Å². The van der Waals surface area contributed by atoms with Crippen molar-refractivity contribution < 1.29 is 0 Å². The van der Waals surface area contributed by atoms with Crippen molar-refractivity contribution in [3.05, 3.63) is 157 Å². The zero-order valence-corrected chi connectivity index (χ0v) is 25.6. The highest BCUT2D eigenvalue weighted by molar-refractivity contribution is 6.04. The molecule has 0 fully saturated rings. The number of benzene rings is 5. The van der Waals surface area contributed by atoms with E-state index in [1.54, 1.807) is 0 Å². The van der Waals surface area contributed by atoms with Gasteiger partial charge in [-0.15, -0.1) is 0 Å². The molecule has 0 unspecified atom stereocenters. The minimum absolute atomic E-state index is 0.708. The van der Waals surface area contributed by atoms with Gasteiger partial charge in [0, 0.05) is 38.7 Å². The van der Waals surface area contributed by atoms with Gasteiger partial charge in [0.15, 0.2) is 5.82 Å². The van der Waals surface area contributed by atoms with Gasteiger partial charge in [0.05, 0.1) is 28.1 Å². The van der Waals surface area contributed by atoms with Crippen LogP contribution in [0.2, 0.25) is 0 Å². The van der Waals surface area contributed by atoms with Crippen LogP contribution < -0.4 is 0 Å². The molecule has 0 amide bonds. The van der Waals surface area contributed by atoms with Gasteiger partial charge >= 0.3 is 0 Å². The summed E-state index contributed by atoms with van der Waals surface area (Å²) in [5.41, 5.74) is 13.2. The predicted molar refractivity (Wildman–Crippen MR) is 189 cm³/mol. The summed E-state index contributed by atoms with van der Waals surface area (Å²) in [5.74, 6) is 0.708. The van der Waals surface area contributed by atoms with E-state index < -0.39 is 0 Å². The number of fused-ring (bicyclic) bond motifs is 3. The lowest BCUT2D eigenvalue weighted by Gasteiger charge is -2.11. The zero-order chi connectivity index (χ0) is 31.0. The molecule has 0 radical (unpaired) electrons. The van der Waals surface area contributed by atoms with Gasteiger partial charge in [0.2, 0.25) is 0 Å². The Hall–Kier alpha value is -6.00. The van der Waals surface area contributed by atoms with Crippen molar-refractivity contribution in [2.45, 2.75) is 13.8 Å². The fraction of sp³-hybridized carbons (Fsp3) is 0.0476. The first kappa shape index (κ1) is 27.5. The highest BCUT2D eigenvalue weighted by Gasteiger charge is 2.13. The van der Waals surface area contributed by atoms with Crippen LogP contribution in [0.5, 0.6) is 0 Å². The first-order valence-electron chi connectivity index (χ1n) is 15.5. The molecule has 0 spiro atoms. The van der Waals surface area contributed by atoms with Crippen molar-refractivity contribution in [3.63, 3.8) is 0 Å². The Labute approximate surface area is 268 Å². The maximum Gasteiger partial charge on any atom is 0.160 e. The molecule has 4 nitrogen and oxygen atoms in total. The molecule has 3 aromatic heterocycles. The van der Waals surface area contributed by atoms with Gasteiger partial charge in [0.1, 0.15) is 0 Å². The first-order valence-corrected chi connectivity index (χ1v) is 15.5. The number of hydrogen-bond acceptors (Lipinski definition) is 4. The third kappa shape index (κ3) is 5.20. The highest BCUT2D eigenvalue weighted by Crippen LogP contribution is 2.33. The standard InChI is InChI=1S/C42H30N4/c1-27-23-28(2)43-41-36(27)21-19-30-20-22-37(44-40(30)41)34-17-9-15-32(24-34)33-16-10-18-35(25-33)39-26-38(29-11-5-3-6-12-29)45-42(46-39)31-13-7-4-8-14-31/h3-26H,1-2H3. The van der Waals surface area contributed by atoms with Crippen LogP contribution in [0.4, 0.5) is 0 Å². The number of pyridine rings is 2. The summed E-state index contributed by atoms with van der Waals surface area (Å²) >= 11 is 0. The molecule has 0 aliphatic rings. The Balaban J connectivity index is 1.21. The second-order valence-corrected chi connectivity index (χ2v) is 11.7. The Bertz CT molecular complexity index is 2320. The molecular formula is C42H30N4. The van der Waals surface area contributed by atoms with Crippen molar-refractivity contribution in [2.75, 3.05) is 0 Å². The lowest BCUT2D eigenvalue weighted by atomic mass is 9.98. The zero-order valence-electron chi connectivity index (χ0n) is 25.6. The molecule has 0 atom stereocenters. The largest absolute Gasteiger partial charge is 0.251 e. The van der Waals surface area contributed by atoms with Crippen LogP contribution in [-0.2, 0) is 0 Å². The smallest absolute Gasteiger partial charge is 0.160 e. The van der Waals surface area contributed by atoms with E-state index >= 15 is 0 Å². The molecule has 8 rings (SSSR count). The van der Waals surface area contributed by atoms with E-state index in [-0.39, 0.29) is 0 Å². The Morgan fingerprint density at radius 1 is 0.370 bits per heavy atom. The van der Waals surface area contributed by atoms with Crippen LogP contribution >= 0.6 is 0 Å². The minimum atomic E-state index is 0.708. The lowest BCUT2D eigenvalue weighted by Crippen LogP contribution is -1.96. The molecule has 4 heteroatoms. The van der Waals surface area contributed by atoms with Gasteiger partial charge in [-0.1, -0.05) is 115 Å². The summed E-state index contributed by atoms with van der Waals surface area (Å²) < 4.78 is 0. The van der Waals surface area contributed by atoms with Crippen LogP contribution in [0, 0.1) is 13.8 Å². The third-order valence-electron chi connectivity index (χ3n) is 8.45. The van der Waals surface area contributed by atoms with Crippen LogP contribution in [0.1, 0.15) is 11.3 Å². The number of hydrogen-bond donors (Lipinski definition) is 0. The molecule has 0 saturated heterocycles. The maximum atomic E-state index is 5.15. The van der Waals surface area contributed by atoms with Crippen LogP contribution in [-0.4, -0.2) is 19.9 Å². The van der Waals surface area contributed by atoms with Gasteiger partial charge in [-0.05, 0) is 60.9 Å².